The zero-order valence-electron chi connectivity index (χ0n) is 9.74. The van der Waals surface area contributed by atoms with Gasteiger partial charge in [0.2, 0.25) is 5.91 Å². The van der Waals surface area contributed by atoms with Gasteiger partial charge in [-0.15, -0.1) is 0 Å². The maximum Gasteiger partial charge on any atom is 0.237 e. The molecule has 16 heavy (non-hydrogen) atoms. The van der Waals surface area contributed by atoms with Gasteiger partial charge in [-0.3, -0.25) is 4.79 Å². The highest BCUT2D eigenvalue weighted by atomic mass is 16.3. The number of nitrogens with one attached hydrogen (secondary N) is 2. The highest BCUT2D eigenvalue weighted by Gasteiger charge is 2.28. The van der Waals surface area contributed by atoms with Gasteiger partial charge in [0.05, 0.1) is 18.2 Å². The van der Waals surface area contributed by atoms with Crippen LogP contribution in [0.15, 0.2) is 0 Å². The maximum atomic E-state index is 11.9. The Bertz CT molecular complexity index is 239. The first-order valence-electron chi connectivity index (χ1n) is 6.49. The standard InChI is InChI=1S/C12H22N2O2/c15-11-7-2-1-5-9(11)14-12(16)10-6-3-4-8-13-10/h9-11,13,15H,1-8H2,(H,14,16)/t9-,10-,11-/m1/s1. The second-order valence-electron chi connectivity index (χ2n) is 4.97. The molecule has 4 heteroatoms. The predicted octanol–water partition coefficient (Wildman–Crippen LogP) is 0.548. The Balaban J connectivity index is 1.80. The smallest absolute Gasteiger partial charge is 0.237 e. The van der Waals surface area contributed by atoms with Gasteiger partial charge in [0.1, 0.15) is 0 Å². The number of carbonyl (C=O) groups excluding carboxylic acids is 1. The molecule has 2 rings (SSSR count). The maximum absolute atomic E-state index is 11.9. The summed E-state index contributed by atoms with van der Waals surface area (Å²) in [6, 6.07) is -0.0622. The van der Waals surface area contributed by atoms with Gasteiger partial charge in [-0.05, 0) is 32.2 Å². The molecular formula is C12H22N2O2. The fourth-order valence-electron chi connectivity index (χ4n) is 2.64. The lowest BCUT2D eigenvalue weighted by atomic mass is 9.92. The molecule has 1 heterocycles. The first kappa shape index (κ1) is 11.9. The molecule has 0 aromatic heterocycles. The molecule has 0 unspecified atom stereocenters. The molecule has 4 nitrogen and oxygen atoms in total. The highest BCUT2D eigenvalue weighted by Crippen LogP contribution is 2.18. The van der Waals surface area contributed by atoms with Crippen LogP contribution < -0.4 is 10.6 Å². The Labute approximate surface area is 96.8 Å². The fraction of sp³-hybridized carbons (Fsp3) is 0.917. The Kier molecular flexibility index (Phi) is 4.18. The van der Waals surface area contributed by atoms with Crippen LogP contribution in [-0.2, 0) is 4.79 Å². The number of aliphatic hydroxyl groups excluding tert-OH is 1. The second kappa shape index (κ2) is 5.64. The monoisotopic (exact) mass is 226 g/mol. The minimum Gasteiger partial charge on any atom is -0.391 e. The third kappa shape index (κ3) is 2.95. The molecular weight excluding hydrogens is 204 g/mol. The van der Waals surface area contributed by atoms with Gasteiger partial charge in [-0.25, -0.2) is 0 Å². The quantitative estimate of drug-likeness (QED) is 0.644. The van der Waals surface area contributed by atoms with Crippen LogP contribution in [0.3, 0.4) is 0 Å². The van der Waals surface area contributed by atoms with E-state index in [-0.39, 0.29) is 24.1 Å². The normalized spacial score (nSPS) is 35.7. The van der Waals surface area contributed by atoms with Crippen molar-refractivity contribution < 1.29 is 9.90 Å². The molecule has 1 saturated carbocycles. The van der Waals surface area contributed by atoms with Gasteiger partial charge in [-0.1, -0.05) is 19.3 Å². The first-order chi connectivity index (χ1) is 7.77. The van der Waals surface area contributed by atoms with E-state index in [9.17, 15) is 9.90 Å². The number of hydrogen-bond acceptors (Lipinski definition) is 3. The Hall–Kier alpha value is -0.610. The summed E-state index contributed by atoms with van der Waals surface area (Å²) in [7, 11) is 0. The summed E-state index contributed by atoms with van der Waals surface area (Å²) < 4.78 is 0. The summed E-state index contributed by atoms with van der Waals surface area (Å²) in [5.74, 6) is 0.0747. The number of rotatable bonds is 2. The molecule has 0 spiro atoms. The highest BCUT2D eigenvalue weighted by molar-refractivity contribution is 5.82. The number of piperidine rings is 1. The van der Waals surface area contributed by atoms with E-state index in [0.717, 1.165) is 51.5 Å². The molecule has 2 fully saturated rings. The van der Waals surface area contributed by atoms with E-state index in [4.69, 9.17) is 0 Å². The molecule has 1 aliphatic heterocycles. The van der Waals surface area contributed by atoms with Crippen molar-refractivity contribution in [3.05, 3.63) is 0 Å². The van der Waals surface area contributed by atoms with Crippen molar-refractivity contribution in [1.29, 1.82) is 0 Å². The van der Waals surface area contributed by atoms with Crippen LogP contribution in [0.2, 0.25) is 0 Å². The summed E-state index contributed by atoms with van der Waals surface area (Å²) in [6.07, 6.45) is 6.79. The molecule has 0 aromatic carbocycles. The molecule has 3 N–H and O–H groups in total. The molecule has 3 atom stereocenters. The third-order valence-electron chi connectivity index (χ3n) is 3.68. The average molecular weight is 226 g/mol. The third-order valence-corrected chi connectivity index (χ3v) is 3.68. The average Bonchev–Trinajstić information content (AvgIpc) is 2.33. The van der Waals surface area contributed by atoms with Crippen LogP contribution in [-0.4, -0.2) is 35.7 Å². The van der Waals surface area contributed by atoms with Gasteiger partial charge in [0.25, 0.3) is 0 Å². The largest absolute Gasteiger partial charge is 0.391 e. The molecule has 1 saturated heterocycles. The van der Waals surface area contributed by atoms with Crippen LogP contribution in [0, 0.1) is 0 Å². The number of aliphatic hydroxyl groups is 1. The van der Waals surface area contributed by atoms with Crippen molar-refractivity contribution in [2.24, 2.45) is 0 Å². The minimum absolute atomic E-state index is 0.0232. The van der Waals surface area contributed by atoms with Crippen molar-refractivity contribution in [3.63, 3.8) is 0 Å². The van der Waals surface area contributed by atoms with Crippen LogP contribution in [0.4, 0.5) is 0 Å². The zero-order chi connectivity index (χ0) is 11.4. The topological polar surface area (TPSA) is 61.4 Å². The molecule has 1 aliphatic carbocycles. The van der Waals surface area contributed by atoms with E-state index in [0.29, 0.717) is 0 Å². The molecule has 0 bridgehead atoms. The van der Waals surface area contributed by atoms with Crippen molar-refractivity contribution in [3.8, 4) is 0 Å². The van der Waals surface area contributed by atoms with E-state index in [1.165, 1.54) is 0 Å². The first-order valence-corrected chi connectivity index (χ1v) is 6.49. The molecule has 0 radical (unpaired) electrons. The van der Waals surface area contributed by atoms with Gasteiger partial charge in [0.15, 0.2) is 0 Å². The zero-order valence-corrected chi connectivity index (χ0v) is 9.74. The van der Waals surface area contributed by atoms with Gasteiger partial charge < -0.3 is 15.7 Å². The van der Waals surface area contributed by atoms with Gasteiger partial charge in [0, 0.05) is 0 Å². The lowest BCUT2D eigenvalue weighted by molar-refractivity contribution is -0.125. The Morgan fingerprint density at radius 2 is 1.88 bits per heavy atom. The minimum atomic E-state index is -0.346. The number of carbonyl (C=O) groups is 1. The SMILES string of the molecule is O=C(N[C@@H]1CCCC[C@H]1O)[C@H]1CCCCN1. The van der Waals surface area contributed by atoms with Crippen LogP contribution >= 0.6 is 0 Å². The van der Waals surface area contributed by atoms with Crippen molar-refractivity contribution >= 4 is 5.91 Å². The predicted molar refractivity (Wildman–Crippen MR) is 62.0 cm³/mol. The molecule has 2 aliphatic rings. The van der Waals surface area contributed by atoms with E-state index >= 15 is 0 Å². The Morgan fingerprint density at radius 3 is 2.56 bits per heavy atom. The number of amides is 1. The van der Waals surface area contributed by atoms with Crippen molar-refractivity contribution in [1.82, 2.24) is 10.6 Å². The van der Waals surface area contributed by atoms with Crippen LogP contribution in [0.1, 0.15) is 44.9 Å². The van der Waals surface area contributed by atoms with Crippen LogP contribution in [0.25, 0.3) is 0 Å². The van der Waals surface area contributed by atoms with Gasteiger partial charge in [-0.2, -0.15) is 0 Å². The lowest BCUT2D eigenvalue weighted by Gasteiger charge is -2.31. The van der Waals surface area contributed by atoms with E-state index in [1.807, 2.05) is 0 Å². The number of hydrogen-bond donors (Lipinski definition) is 3. The lowest BCUT2D eigenvalue weighted by Crippen LogP contribution is -2.53. The van der Waals surface area contributed by atoms with Crippen molar-refractivity contribution in [2.45, 2.75) is 63.1 Å². The molecule has 0 aromatic rings. The van der Waals surface area contributed by atoms with E-state index < -0.39 is 0 Å². The van der Waals surface area contributed by atoms with Crippen LogP contribution in [0.5, 0.6) is 0 Å². The summed E-state index contributed by atoms with van der Waals surface area (Å²) in [6.45, 7) is 0.936. The summed E-state index contributed by atoms with van der Waals surface area (Å²) in [5, 5.41) is 16.0. The molecule has 92 valence electrons. The fourth-order valence-corrected chi connectivity index (χ4v) is 2.64. The van der Waals surface area contributed by atoms with Gasteiger partial charge >= 0.3 is 0 Å². The summed E-state index contributed by atoms with van der Waals surface area (Å²) in [4.78, 5) is 11.9. The molecule has 1 amide bonds. The Morgan fingerprint density at radius 1 is 1.12 bits per heavy atom. The van der Waals surface area contributed by atoms with Crippen molar-refractivity contribution in [2.75, 3.05) is 6.54 Å². The van der Waals surface area contributed by atoms with E-state index in [1.54, 1.807) is 0 Å². The second-order valence-corrected chi connectivity index (χ2v) is 4.97. The van der Waals surface area contributed by atoms with E-state index in [2.05, 4.69) is 10.6 Å². The summed E-state index contributed by atoms with van der Waals surface area (Å²) >= 11 is 0. The summed E-state index contributed by atoms with van der Waals surface area (Å²) in [5.41, 5.74) is 0.